The van der Waals surface area contributed by atoms with Crippen LogP contribution in [0.2, 0.25) is 0 Å². The quantitative estimate of drug-likeness (QED) is 0.859. The summed E-state index contributed by atoms with van der Waals surface area (Å²) >= 11 is 0. The molecule has 1 fully saturated rings. The third-order valence-electron chi connectivity index (χ3n) is 4.85. The van der Waals surface area contributed by atoms with Crippen LogP contribution in [-0.2, 0) is 4.79 Å². The Hall–Kier alpha value is -2.95. The minimum Gasteiger partial charge on any atom is -0.481 e. The van der Waals surface area contributed by atoms with E-state index in [4.69, 9.17) is 5.11 Å². The van der Waals surface area contributed by atoms with E-state index in [9.17, 15) is 14.4 Å². The fourth-order valence-electron chi connectivity index (χ4n) is 3.23. The highest BCUT2D eigenvalue weighted by molar-refractivity contribution is 6.15. The van der Waals surface area contributed by atoms with Gasteiger partial charge in [-0.3, -0.25) is 14.4 Å². The zero-order valence-electron chi connectivity index (χ0n) is 14.6. The van der Waals surface area contributed by atoms with Gasteiger partial charge >= 0.3 is 5.97 Å². The Morgan fingerprint density at radius 2 is 1.50 bits per heavy atom. The van der Waals surface area contributed by atoms with E-state index in [1.165, 1.54) is 0 Å². The van der Waals surface area contributed by atoms with Gasteiger partial charge in [0.05, 0.1) is 11.5 Å². The molecule has 0 unspecified atom stereocenters. The first-order valence-corrected chi connectivity index (χ1v) is 8.70. The molecule has 2 aromatic rings. The molecule has 5 heteroatoms. The molecule has 1 aliphatic heterocycles. The van der Waals surface area contributed by atoms with Crippen molar-refractivity contribution in [2.45, 2.75) is 19.8 Å². The fraction of sp³-hybridized carbons (Fsp3) is 0.286. The van der Waals surface area contributed by atoms with E-state index in [1.54, 1.807) is 41.3 Å². The maximum Gasteiger partial charge on any atom is 0.306 e. The van der Waals surface area contributed by atoms with Crippen LogP contribution in [0, 0.1) is 12.8 Å². The van der Waals surface area contributed by atoms with Crippen LogP contribution in [0.15, 0.2) is 48.5 Å². The van der Waals surface area contributed by atoms with Crippen LogP contribution in [0.1, 0.15) is 44.7 Å². The van der Waals surface area contributed by atoms with E-state index >= 15 is 0 Å². The van der Waals surface area contributed by atoms with E-state index in [1.807, 2.05) is 19.1 Å². The monoisotopic (exact) mass is 351 g/mol. The second kappa shape index (κ2) is 7.52. The van der Waals surface area contributed by atoms with Crippen LogP contribution in [0.4, 0.5) is 0 Å². The molecule has 1 heterocycles. The molecule has 0 aromatic heterocycles. The molecule has 0 atom stereocenters. The molecule has 1 saturated heterocycles. The van der Waals surface area contributed by atoms with Gasteiger partial charge in [0.25, 0.3) is 5.91 Å². The molecule has 1 aliphatic rings. The van der Waals surface area contributed by atoms with E-state index < -0.39 is 11.9 Å². The summed E-state index contributed by atoms with van der Waals surface area (Å²) < 4.78 is 0. The predicted octanol–water partition coefficient (Wildman–Crippen LogP) is 3.16. The second-order valence-corrected chi connectivity index (χ2v) is 6.65. The van der Waals surface area contributed by atoms with Crippen molar-refractivity contribution >= 4 is 17.7 Å². The lowest BCUT2D eigenvalue weighted by Crippen LogP contribution is -2.40. The number of ketones is 1. The molecular formula is C21H21NO4. The molecule has 3 rings (SSSR count). The summed E-state index contributed by atoms with van der Waals surface area (Å²) in [6.45, 7) is 2.73. The van der Waals surface area contributed by atoms with Gasteiger partial charge < -0.3 is 10.0 Å². The van der Waals surface area contributed by atoms with Gasteiger partial charge in [0.15, 0.2) is 5.78 Å². The average Bonchev–Trinajstić information content (AvgIpc) is 2.67. The number of piperidine rings is 1. The number of amides is 1. The maximum absolute atomic E-state index is 12.9. The lowest BCUT2D eigenvalue weighted by atomic mass is 9.94. The molecule has 1 amide bonds. The number of likely N-dealkylation sites (tertiary alicyclic amines) is 1. The fourth-order valence-corrected chi connectivity index (χ4v) is 3.23. The second-order valence-electron chi connectivity index (χ2n) is 6.65. The Morgan fingerprint density at radius 3 is 2.08 bits per heavy atom. The van der Waals surface area contributed by atoms with Crippen molar-refractivity contribution in [2.24, 2.45) is 5.92 Å². The molecule has 134 valence electrons. The number of rotatable bonds is 4. The van der Waals surface area contributed by atoms with Gasteiger partial charge in [0, 0.05) is 24.2 Å². The summed E-state index contributed by atoms with van der Waals surface area (Å²) in [4.78, 5) is 38.5. The normalized spacial score (nSPS) is 14.9. The number of hydrogen-bond acceptors (Lipinski definition) is 3. The summed E-state index contributed by atoms with van der Waals surface area (Å²) in [6.07, 6.45) is 0.879. The van der Waals surface area contributed by atoms with Crippen molar-refractivity contribution < 1.29 is 19.5 Å². The van der Waals surface area contributed by atoms with Crippen molar-refractivity contribution in [3.05, 3.63) is 70.8 Å². The van der Waals surface area contributed by atoms with Gasteiger partial charge in [-0.2, -0.15) is 0 Å². The highest BCUT2D eigenvalue weighted by Crippen LogP contribution is 2.22. The average molecular weight is 351 g/mol. The van der Waals surface area contributed by atoms with Crippen LogP contribution in [-0.4, -0.2) is 40.8 Å². The van der Waals surface area contributed by atoms with Gasteiger partial charge in [-0.05, 0) is 25.8 Å². The number of carboxylic acids is 1. The zero-order chi connectivity index (χ0) is 18.7. The summed E-state index contributed by atoms with van der Waals surface area (Å²) in [7, 11) is 0. The van der Waals surface area contributed by atoms with E-state index in [2.05, 4.69) is 0 Å². The van der Waals surface area contributed by atoms with Crippen molar-refractivity contribution in [1.29, 1.82) is 0 Å². The van der Waals surface area contributed by atoms with Crippen LogP contribution in [0.25, 0.3) is 0 Å². The summed E-state index contributed by atoms with van der Waals surface area (Å²) in [5.41, 5.74) is 2.35. The third kappa shape index (κ3) is 3.67. The Kier molecular flexibility index (Phi) is 5.16. The van der Waals surface area contributed by atoms with Gasteiger partial charge in [-0.15, -0.1) is 0 Å². The van der Waals surface area contributed by atoms with Crippen LogP contribution < -0.4 is 0 Å². The number of aliphatic carboxylic acids is 1. The molecule has 1 N–H and O–H groups in total. The minimum atomic E-state index is -0.813. The van der Waals surface area contributed by atoms with Crippen LogP contribution >= 0.6 is 0 Å². The van der Waals surface area contributed by atoms with E-state index in [-0.39, 0.29) is 11.7 Å². The number of carboxylic acid groups (broad SMARTS) is 1. The Labute approximate surface area is 152 Å². The van der Waals surface area contributed by atoms with Crippen molar-refractivity contribution in [2.75, 3.05) is 13.1 Å². The maximum atomic E-state index is 12.9. The molecule has 0 spiro atoms. The lowest BCUT2D eigenvalue weighted by Gasteiger charge is -2.30. The van der Waals surface area contributed by atoms with E-state index in [0.29, 0.717) is 42.6 Å². The minimum absolute atomic E-state index is 0.186. The summed E-state index contributed by atoms with van der Waals surface area (Å²) in [5, 5.41) is 9.09. The standard InChI is InChI=1S/C21H21NO4/c1-14-6-8-15(9-7-14)19(23)17-4-2-3-5-18(17)20(24)22-12-10-16(11-13-22)21(25)26/h2-9,16H,10-13H2,1H3,(H,25,26). The Morgan fingerprint density at radius 1 is 0.923 bits per heavy atom. The molecule has 0 saturated carbocycles. The zero-order valence-corrected chi connectivity index (χ0v) is 14.6. The van der Waals surface area contributed by atoms with E-state index in [0.717, 1.165) is 5.56 Å². The third-order valence-corrected chi connectivity index (χ3v) is 4.85. The van der Waals surface area contributed by atoms with Crippen LogP contribution in [0.5, 0.6) is 0 Å². The first kappa shape index (κ1) is 17.9. The summed E-state index contributed by atoms with van der Waals surface area (Å²) in [6, 6.07) is 14.1. The largest absolute Gasteiger partial charge is 0.481 e. The van der Waals surface area contributed by atoms with Gasteiger partial charge in [0.2, 0.25) is 0 Å². The molecular weight excluding hydrogens is 330 g/mol. The number of carbonyl (C=O) groups excluding carboxylic acids is 2. The highest BCUT2D eigenvalue weighted by Gasteiger charge is 2.29. The number of hydrogen-bond donors (Lipinski definition) is 1. The number of carbonyl (C=O) groups is 3. The molecule has 26 heavy (non-hydrogen) atoms. The lowest BCUT2D eigenvalue weighted by molar-refractivity contribution is -0.143. The Balaban J connectivity index is 1.83. The predicted molar refractivity (Wildman–Crippen MR) is 97.3 cm³/mol. The Bertz CT molecular complexity index is 833. The number of nitrogens with zero attached hydrogens (tertiary/aromatic N) is 1. The topological polar surface area (TPSA) is 74.7 Å². The first-order chi connectivity index (χ1) is 12.5. The van der Waals surface area contributed by atoms with Crippen molar-refractivity contribution in [3.63, 3.8) is 0 Å². The van der Waals surface area contributed by atoms with Crippen LogP contribution in [0.3, 0.4) is 0 Å². The highest BCUT2D eigenvalue weighted by atomic mass is 16.4. The molecule has 5 nitrogen and oxygen atoms in total. The summed E-state index contributed by atoms with van der Waals surface area (Å²) in [5.74, 6) is -1.62. The van der Waals surface area contributed by atoms with Gasteiger partial charge in [-0.25, -0.2) is 0 Å². The SMILES string of the molecule is Cc1ccc(C(=O)c2ccccc2C(=O)N2CCC(C(=O)O)CC2)cc1. The molecule has 2 aromatic carbocycles. The van der Waals surface area contributed by atoms with Crippen molar-refractivity contribution in [3.8, 4) is 0 Å². The smallest absolute Gasteiger partial charge is 0.306 e. The van der Waals surface area contributed by atoms with Crippen molar-refractivity contribution in [1.82, 2.24) is 4.90 Å². The first-order valence-electron chi connectivity index (χ1n) is 8.70. The van der Waals surface area contributed by atoms with Gasteiger partial charge in [0.1, 0.15) is 0 Å². The number of aryl methyl sites for hydroxylation is 1. The number of benzene rings is 2. The molecule has 0 bridgehead atoms. The molecule has 0 radical (unpaired) electrons. The van der Waals surface area contributed by atoms with Gasteiger partial charge in [-0.1, -0.05) is 48.0 Å². The molecule has 0 aliphatic carbocycles.